The Balaban J connectivity index is 0.00000288. The van der Waals surface area contributed by atoms with Crippen molar-refractivity contribution in [1.29, 1.82) is 0 Å². The third kappa shape index (κ3) is 8.01. The number of halogens is 2. The highest BCUT2D eigenvalue weighted by molar-refractivity contribution is 14.0. The van der Waals surface area contributed by atoms with E-state index < -0.39 is 0 Å². The molecule has 0 aromatic carbocycles. The molecule has 0 saturated carbocycles. The zero-order chi connectivity index (χ0) is 16.5. The van der Waals surface area contributed by atoms with Crippen LogP contribution in [0.3, 0.4) is 0 Å². The highest BCUT2D eigenvalue weighted by atomic mass is 127. The Kier molecular flexibility index (Phi) is 11.5. The summed E-state index contributed by atoms with van der Waals surface area (Å²) in [6.45, 7) is 6.78. The van der Waals surface area contributed by atoms with Gasteiger partial charge in [-0.1, -0.05) is 0 Å². The van der Waals surface area contributed by atoms with Crippen LogP contribution in [0.1, 0.15) is 31.1 Å². The average Bonchev–Trinajstić information content (AvgIpc) is 2.98. The summed E-state index contributed by atoms with van der Waals surface area (Å²) >= 11 is 5.30. The SMILES string of the molecule is CCNC(=NCCc1ccc(Br)s1)N(C)CCC1CCOCC1.I. The van der Waals surface area contributed by atoms with E-state index in [1.807, 2.05) is 0 Å². The second-order valence-electron chi connectivity index (χ2n) is 5.96. The van der Waals surface area contributed by atoms with E-state index in [0.717, 1.165) is 51.1 Å². The molecule has 2 rings (SSSR count). The molecule has 1 aliphatic rings. The second-order valence-corrected chi connectivity index (χ2v) is 8.51. The first-order chi connectivity index (χ1) is 11.2. The zero-order valence-electron chi connectivity index (χ0n) is 14.6. The van der Waals surface area contributed by atoms with E-state index in [4.69, 9.17) is 9.73 Å². The molecule has 0 spiro atoms. The van der Waals surface area contributed by atoms with Crippen LogP contribution < -0.4 is 5.32 Å². The van der Waals surface area contributed by atoms with Gasteiger partial charge in [0, 0.05) is 51.2 Å². The molecule has 0 amide bonds. The van der Waals surface area contributed by atoms with Crippen LogP contribution >= 0.6 is 51.2 Å². The fourth-order valence-electron chi connectivity index (χ4n) is 2.74. The summed E-state index contributed by atoms with van der Waals surface area (Å²) < 4.78 is 6.63. The van der Waals surface area contributed by atoms with Gasteiger partial charge in [0.05, 0.1) is 3.79 Å². The Labute approximate surface area is 175 Å². The highest BCUT2D eigenvalue weighted by Gasteiger charge is 2.15. The Morgan fingerprint density at radius 1 is 1.42 bits per heavy atom. The molecule has 1 aromatic heterocycles. The van der Waals surface area contributed by atoms with Crippen molar-refractivity contribution in [2.24, 2.45) is 10.9 Å². The fourth-order valence-corrected chi connectivity index (χ4v) is 4.22. The number of nitrogens with zero attached hydrogens (tertiary/aromatic N) is 2. The van der Waals surface area contributed by atoms with Gasteiger partial charge in [0.25, 0.3) is 0 Å². The molecule has 1 fully saturated rings. The van der Waals surface area contributed by atoms with Gasteiger partial charge in [-0.2, -0.15) is 0 Å². The zero-order valence-corrected chi connectivity index (χ0v) is 19.3. The van der Waals surface area contributed by atoms with E-state index in [1.54, 1.807) is 11.3 Å². The molecule has 138 valence electrons. The van der Waals surface area contributed by atoms with Crippen LogP contribution in [0.5, 0.6) is 0 Å². The third-order valence-corrected chi connectivity index (χ3v) is 5.84. The Morgan fingerprint density at radius 3 is 2.79 bits per heavy atom. The molecule has 0 bridgehead atoms. The van der Waals surface area contributed by atoms with Crippen LogP contribution in [0.2, 0.25) is 0 Å². The number of nitrogens with one attached hydrogen (secondary N) is 1. The van der Waals surface area contributed by atoms with Crippen molar-refractivity contribution in [3.8, 4) is 0 Å². The molecule has 1 aromatic rings. The topological polar surface area (TPSA) is 36.9 Å². The van der Waals surface area contributed by atoms with Crippen LogP contribution in [0.15, 0.2) is 20.9 Å². The van der Waals surface area contributed by atoms with E-state index in [9.17, 15) is 0 Å². The minimum atomic E-state index is 0. The number of rotatable bonds is 7. The predicted octanol–water partition coefficient (Wildman–Crippen LogP) is 4.39. The second kappa shape index (κ2) is 12.5. The Bertz CT molecular complexity index is 492. The normalized spacial score (nSPS) is 15.9. The van der Waals surface area contributed by atoms with Crippen molar-refractivity contribution in [2.75, 3.05) is 39.9 Å². The van der Waals surface area contributed by atoms with Crippen LogP contribution in [0.25, 0.3) is 0 Å². The first-order valence-electron chi connectivity index (χ1n) is 8.50. The number of ether oxygens (including phenoxy) is 1. The molecule has 1 aliphatic heterocycles. The maximum absolute atomic E-state index is 5.44. The lowest BCUT2D eigenvalue weighted by atomic mass is 9.96. The molecule has 0 radical (unpaired) electrons. The van der Waals surface area contributed by atoms with Crippen molar-refractivity contribution in [1.82, 2.24) is 10.2 Å². The van der Waals surface area contributed by atoms with Gasteiger partial charge in [-0.25, -0.2) is 0 Å². The number of aliphatic imine (C=N–C) groups is 1. The van der Waals surface area contributed by atoms with Crippen LogP contribution in [0.4, 0.5) is 0 Å². The van der Waals surface area contributed by atoms with Gasteiger partial charge in [0.15, 0.2) is 5.96 Å². The minimum Gasteiger partial charge on any atom is -0.381 e. The molecule has 7 heteroatoms. The van der Waals surface area contributed by atoms with Gasteiger partial charge in [-0.05, 0) is 60.2 Å². The molecule has 4 nitrogen and oxygen atoms in total. The smallest absolute Gasteiger partial charge is 0.193 e. The van der Waals surface area contributed by atoms with Gasteiger partial charge in [-0.15, -0.1) is 35.3 Å². The molecule has 2 heterocycles. The van der Waals surface area contributed by atoms with Crippen molar-refractivity contribution >= 4 is 57.2 Å². The van der Waals surface area contributed by atoms with E-state index in [2.05, 4.69) is 52.3 Å². The lowest BCUT2D eigenvalue weighted by Gasteiger charge is -2.26. The first-order valence-corrected chi connectivity index (χ1v) is 10.1. The van der Waals surface area contributed by atoms with Gasteiger partial charge in [-0.3, -0.25) is 4.99 Å². The molecule has 24 heavy (non-hydrogen) atoms. The largest absolute Gasteiger partial charge is 0.381 e. The highest BCUT2D eigenvalue weighted by Crippen LogP contribution is 2.22. The summed E-state index contributed by atoms with van der Waals surface area (Å²) in [5.41, 5.74) is 0. The number of hydrogen-bond acceptors (Lipinski definition) is 3. The van der Waals surface area contributed by atoms with Gasteiger partial charge >= 0.3 is 0 Å². The van der Waals surface area contributed by atoms with E-state index in [1.165, 1.54) is 27.9 Å². The van der Waals surface area contributed by atoms with E-state index >= 15 is 0 Å². The molecule has 1 N–H and O–H groups in total. The summed E-state index contributed by atoms with van der Waals surface area (Å²) in [6, 6.07) is 4.28. The molecule has 1 saturated heterocycles. The lowest BCUT2D eigenvalue weighted by molar-refractivity contribution is 0.0625. The summed E-state index contributed by atoms with van der Waals surface area (Å²) in [6.07, 6.45) is 4.63. The average molecular weight is 530 g/mol. The maximum Gasteiger partial charge on any atom is 0.193 e. The fraction of sp³-hybridized carbons (Fsp3) is 0.706. The Hall–Kier alpha value is 0.140. The van der Waals surface area contributed by atoms with E-state index in [-0.39, 0.29) is 24.0 Å². The van der Waals surface area contributed by atoms with Crippen LogP contribution in [-0.4, -0.2) is 50.8 Å². The molecule has 0 unspecified atom stereocenters. The first kappa shape index (κ1) is 22.2. The van der Waals surface area contributed by atoms with Crippen molar-refractivity contribution in [3.05, 3.63) is 20.8 Å². The van der Waals surface area contributed by atoms with Crippen molar-refractivity contribution in [3.63, 3.8) is 0 Å². The number of guanidine groups is 1. The number of thiophene rings is 1. The third-order valence-electron chi connectivity index (χ3n) is 4.16. The maximum atomic E-state index is 5.44. The standard InChI is InChI=1S/C17H28BrN3OS.HI/c1-3-19-17(20-10-6-15-4-5-16(18)23-15)21(2)11-7-14-8-12-22-13-9-14;/h4-5,14H,3,6-13H2,1-2H3,(H,19,20);1H. The van der Waals surface area contributed by atoms with Gasteiger partial charge < -0.3 is 15.0 Å². The van der Waals surface area contributed by atoms with Gasteiger partial charge in [0.2, 0.25) is 0 Å². The van der Waals surface area contributed by atoms with Crippen LogP contribution in [-0.2, 0) is 11.2 Å². The number of hydrogen-bond donors (Lipinski definition) is 1. The monoisotopic (exact) mass is 529 g/mol. The quantitative estimate of drug-likeness (QED) is 0.323. The van der Waals surface area contributed by atoms with Crippen molar-refractivity contribution in [2.45, 2.75) is 32.6 Å². The Morgan fingerprint density at radius 2 is 2.17 bits per heavy atom. The summed E-state index contributed by atoms with van der Waals surface area (Å²) in [7, 11) is 2.14. The molecular formula is C17H29BrIN3OS. The molecular weight excluding hydrogens is 501 g/mol. The summed E-state index contributed by atoms with van der Waals surface area (Å²) in [5.74, 6) is 1.83. The molecule has 0 aliphatic carbocycles. The minimum absolute atomic E-state index is 0. The molecule has 0 atom stereocenters. The predicted molar refractivity (Wildman–Crippen MR) is 118 cm³/mol. The van der Waals surface area contributed by atoms with Crippen molar-refractivity contribution < 1.29 is 4.74 Å². The lowest BCUT2D eigenvalue weighted by Crippen LogP contribution is -2.40. The van der Waals surface area contributed by atoms with Gasteiger partial charge in [0.1, 0.15) is 0 Å². The summed E-state index contributed by atoms with van der Waals surface area (Å²) in [4.78, 5) is 8.42. The van der Waals surface area contributed by atoms with E-state index in [0.29, 0.717) is 0 Å². The summed E-state index contributed by atoms with van der Waals surface area (Å²) in [5, 5.41) is 3.41. The van der Waals surface area contributed by atoms with Crippen LogP contribution in [0, 0.1) is 5.92 Å².